The summed E-state index contributed by atoms with van der Waals surface area (Å²) in [5.74, 6) is -2.36. The molecule has 0 bridgehead atoms. The molecule has 0 radical (unpaired) electrons. The number of hydrogen-bond acceptors (Lipinski definition) is 3. The maximum atomic E-state index is 13.7. The Bertz CT molecular complexity index is 617. The van der Waals surface area contributed by atoms with Crippen LogP contribution < -0.4 is 11.1 Å². The predicted molar refractivity (Wildman–Crippen MR) is 64.4 cm³/mol. The monoisotopic (exact) mass is 305 g/mol. The number of nitrogens with zero attached hydrogens (tertiary/aromatic N) is 1. The smallest absolute Gasteiger partial charge is 0.396 e. The number of benzene rings is 1. The zero-order chi connectivity index (χ0) is 16.0. The minimum Gasteiger partial charge on any atom is -0.396 e. The first-order chi connectivity index (χ1) is 9.58. The number of nitrogen functional groups attached to an aromatic ring is 1. The molecule has 21 heavy (non-hydrogen) atoms. The van der Waals surface area contributed by atoms with E-state index in [-0.39, 0.29) is 11.3 Å². The van der Waals surface area contributed by atoms with Gasteiger partial charge in [0, 0.05) is 5.56 Å². The zero-order valence-corrected chi connectivity index (χ0v) is 10.8. The van der Waals surface area contributed by atoms with E-state index >= 15 is 0 Å². The lowest BCUT2D eigenvalue weighted by molar-refractivity contribution is -0.191. The number of nitrogens with one attached hydrogen (secondary N) is 1. The minimum absolute atomic E-state index is 0.148. The van der Waals surface area contributed by atoms with Crippen LogP contribution in [-0.2, 0) is 11.3 Å². The summed E-state index contributed by atoms with van der Waals surface area (Å²) in [5.41, 5.74) is 1.94. The molecule has 2 rings (SSSR count). The van der Waals surface area contributed by atoms with Gasteiger partial charge >= 0.3 is 12.2 Å². The molecule has 1 aromatic rings. The third-order valence-corrected chi connectivity index (χ3v) is 3.28. The number of anilines is 1. The van der Waals surface area contributed by atoms with Crippen LogP contribution in [0.15, 0.2) is 18.2 Å². The van der Waals surface area contributed by atoms with Gasteiger partial charge in [0.25, 0.3) is 5.91 Å². The predicted octanol–water partition coefficient (Wildman–Crippen LogP) is 1.78. The summed E-state index contributed by atoms with van der Waals surface area (Å²) >= 11 is 0. The molecular weight excluding hydrogens is 294 g/mol. The molecule has 1 saturated heterocycles. The molecule has 0 saturated carbocycles. The molecule has 114 valence electrons. The van der Waals surface area contributed by atoms with E-state index in [1.807, 2.05) is 0 Å². The number of hydrogen-bond donors (Lipinski definition) is 2. The second-order valence-corrected chi connectivity index (χ2v) is 4.76. The van der Waals surface area contributed by atoms with Gasteiger partial charge < -0.3 is 11.1 Å². The molecule has 1 unspecified atom stereocenters. The van der Waals surface area contributed by atoms with E-state index in [4.69, 9.17) is 5.73 Å². The number of imide groups is 1. The Hall–Kier alpha value is -2.32. The van der Waals surface area contributed by atoms with Crippen molar-refractivity contribution in [3.8, 4) is 0 Å². The second-order valence-electron chi connectivity index (χ2n) is 4.76. The third kappa shape index (κ3) is 2.28. The topological polar surface area (TPSA) is 75.4 Å². The quantitative estimate of drug-likeness (QED) is 0.497. The standard InChI is InChI=1S/C12H11F4N3O2/c1-11(12(14,15)16)9(20)19(10(21)18-11)5-6-3-2-4-7(17)8(6)13/h2-4H,5,17H2,1H3,(H,18,21). The molecule has 9 heteroatoms. The summed E-state index contributed by atoms with van der Waals surface area (Å²) in [4.78, 5) is 23.8. The lowest BCUT2D eigenvalue weighted by Gasteiger charge is -2.24. The average Bonchev–Trinajstić information content (AvgIpc) is 2.59. The van der Waals surface area contributed by atoms with Crippen LogP contribution in [-0.4, -0.2) is 28.6 Å². The van der Waals surface area contributed by atoms with Crippen molar-refractivity contribution in [1.29, 1.82) is 0 Å². The SMILES string of the molecule is CC1(C(F)(F)F)NC(=O)N(Cc2cccc(N)c2F)C1=O. The van der Waals surface area contributed by atoms with Gasteiger partial charge in [-0.15, -0.1) is 0 Å². The Labute approximate surface area is 116 Å². The van der Waals surface area contributed by atoms with Gasteiger partial charge in [-0.1, -0.05) is 12.1 Å². The highest BCUT2D eigenvalue weighted by Gasteiger charge is 2.64. The van der Waals surface area contributed by atoms with Crippen molar-refractivity contribution in [2.75, 3.05) is 5.73 Å². The van der Waals surface area contributed by atoms with Crippen molar-refractivity contribution in [3.63, 3.8) is 0 Å². The number of nitrogens with two attached hydrogens (primary N) is 1. The number of urea groups is 1. The van der Waals surface area contributed by atoms with Crippen LogP contribution in [0, 0.1) is 5.82 Å². The molecule has 3 N–H and O–H groups in total. The van der Waals surface area contributed by atoms with Crippen LogP contribution in [0.5, 0.6) is 0 Å². The largest absolute Gasteiger partial charge is 0.420 e. The van der Waals surface area contributed by atoms with E-state index in [2.05, 4.69) is 0 Å². The summed E-state index contributed by atoms with van der Waals surface area (Å²) in [6.07, 6.45) is -4.96. The van der Waals surface area contributed by atoms with Gasteiger partial charge in [0.1, 0.15) is 0 Å². The Balaban J connectivity index is 2.32. The first kappa shape index (κ1) is 15.1. The molecule has 5 nitrogen and oxygen atoms in total. The van der Waals surface area contributed by atoms with E-state index in [0.717, 1.165) is 0 Å². The molecule has 1 fully saturated rings. The Morgan fingerprint density at radius 1 is 1.33 bits per heavy atom. The highest BCUT2D eigenvalue weighted by atomic mass is 19.4. The van der Waals surface area contributed by atoms with Crippen LogP contribution in [0.2, 0.25) is 0 Å². The van der Waals surface area contributed by atoms with Gasteiger partial charge in [0.15, 0.2) is 5.82 Å². The average molecular weight is 305 g/mol. The lowest BCUT2D eigenvalue weighted by atomic mass is 10.0. The first-order valence-electron chi connectivity index (χ1n) is 5.81. The molecule has 0 aliphatic carbocycles. The molecule has 1 aliphatic rings. The molecule has 0 spiro atoms. The molecule has 0 aromatic heterocycles. The normalized spacial score (nSPS) is 22.6. The molecule has 1 atom stereocenters. The van der Waals surface area contributed by atoms with Gasteiger partial charge in [0.05, 0.1) is 12.2 Å². The number of carbonyl (C=O) groups is 2. The maximum Gasteiger partial charge on any atom is 0.420 e. The summed E-state index contributed by atoms with van der Waals surface area (Å²) in [7, 11) is 0. The van der Waals surface area contributed by atoms with Gasteiger partial charge in [-0.05, 0) is 13.0 Å². The van der Waals surface area contributed by atoms with Crippen molar-refractivity contribution in [2.24, 2.45) is 0 Å². The number of rotatable bonds is 2. The van der Waals surface area contributed by atoms with Gasteiger partial charge in [0.2, 0.25) is 5.54 Å². The van der Waals surface area contributed by atoms with Gasteiger partial charge in [-0.3, -0.25) is 9.69 Å². The van der Waals surface area contributed by atoms with Crippen LogP contribution in [0.4, 0.5) is 28.0 Å². The highest BCUT2D eigenvalue weighted by Crippen LogP contribution is 2.35. The second kappa shape index (κ2) is 4.61. The molecule has 1 aromatic carbocycles. The van der Waals surface area contributed by atoms with Crippen LogP contribution in [0.1, 0.15) is 12.5 Å². The van der Waals surface area contributed by atoms with Crippen LogP contribution >= 0.6 is 0 Å². The molecular formula is C12H11F4N3O2. The van der Waals surface area contributed by atoms with Crippen molar-refractivity contribution < 1.29 is 27.2 Å². The maximum absolute atomic E-state index is 13.7. The van der Waals surface area contributed by atoms with E-state index in [1.165, 1.54) is 18.2 Å². The molecule has 1 aliphatic heterocycles. The minimum atomic E-state index is -4.96. The fourth-order valence-corrected chi connectivity index (χ4v) is 1.92. The summed E-state index contributed by atoms with van der Waals surface area (Å²) in [5, 5.41) is 1.58. The van der Waals surface area contributed by atoms with E-state index in [1.54, 1.807) is 5.32 Å². The van der Waals surface area contributed by atoms with E-state index in [0.29, 0.717) is 11.8 Å². The van der Waals surface area contributed by atoms with Crippen molar-refractivity contribution in [3.05, 3.63) is 29.6 Å². The number of halogens is 4. The van der Waals surface area contributed by atoms with E-state index < -0.39 is 36.0 Å². The lowest BCUT2D eigenvalue weighted by Crippen LogP contribution is -2.56. The van der Waals surface area contributed by atoms with Crippen molar-refractivity contribution in [2.45, 2.75) is 25.2 Å². The first-order valence-corrected chi connectivity index (χ1v) is 5.81. The summed E-state index contributed by atoms with van der Waals surface area (Å²) < 4.78 is 52.3. The van der Waals surface area contributed by atoms with Gasteiger partial charge in [-0.25, -0.2) is 9.18 Å². The fraction of sp³-hybridized carbons (Fsp3) is 0.333. The third-order valence-electron chi connectivity index (χ3n) is 3.28. The van der Waals surface area contributed by atoms with E-state index in [9.17, 15) is 27.2 Å². The Morgan fingerprint density at radius 2 is 1.95 bits per heavy atom. The molecule has 3 amide bonds. The number of alkyl halides is 3. The Kier molecular flexibility index (Phi) is 3.31. The van der Waals surface area contributed by atoms with Crippen LogP contribution in [0.3, 0.4) is 0 Å². The zero-order valence-electron chi connectivity index (χ0n) is 10.8. The number of amides is 3. The highest BCUT2D eigenvalue weighted by molar-refractivity contribution is 6.07. The fourth-order valence-electron chi connectivity index (χ4n) is 1.92. The number of carbonyl (C=O) groups excluding carboxylic acids is 2. The van der Waals surface area contributed by atoms with Crippen LogP contribution in [0.25, 0.3) is 0 Å². The molecule has 1 heterocycles. The van der Waals surface area contributed by atoms with Crippen molar-refractivity contribution in [1.82, 2.24) is 10.2 Å². The summed E-state index contributed by atoms with van der Waals surface area (Å²) in [6.45, 7) is -0.0733. The van der Waals surface area contributed by atoms with Crippen molar-refractivity contribution >= 4 is 17.6 Å². The summed E-state index contributed by atoms with van der Waals surface area (Å²) in [6, 6.07) is 2.62. The van der Waals surface area contributed by atoms with Gasteiger partial charge in [-0.2, -0.15) is 13.2 Å². The Morgan fingerprint density at radius 3 is 2.48 bits per heavy atom.